The molecule has 1 aliphatic rings. The van der Waals surface area contributed by atoms with Crippen LogP contribution in [0.2, 0.25) is 0 Å². The van der Waals surface area contributed by atoms with Crippen molar-refractivity contribution in [3.05, 3.63) is 108 Å². The third kappa shape index (κ3) is 5.91. The molecule has 3 aromatic carbocycles. The fourth-order valence-electron chi connectivity index (χ4n) is 4.44. The predicted molar refractivity (Wildman–Crippen MR) is 151 cm³/mol. The third-order valence-corrected chi connectivity index (χ3v) is 6.45. The number of anilines is 2. The Morgan fingerprint density at radius 2 is 1.56 bits per heavy atom. The SMILES string of the molecule is CC(=O)Nc1ccc(N2CCN(C(=O)c3ccc(C(=O)/C=C/c4ccc5ccccc5n4)cc3)CC2=O)cc1. The number of allylic oxidation sites excluding steroid dienone is 1. The van der Waals surface area contributed by atoms with Crippen LogP contribution in [0, 0.1) is 0 Å². The lowest BCUT2D eigenvalue weighted by atomic mass is 10.1. The molecule has 0 saturated carbocycles. The number of nitrogens with zero attached hydrogens (tertiary/aromatic N) is 3. The topological polar surface area (TPSA) is 99.7 Å². The average molecular weight is 519 g/mol. The highest BCUT2D eigenvalue weighted by Crippen LogP contribution is 2.21. The minimum Gasteiger partial charge on any atom is -0.328 e. The van der Waals surface area contributed by atoms with Gasteiger partial charge < -0.3 is 15.1 Å². The Balaban J connectivity index is 1.19. The summed E-state index contributed by atoms with van der Waals surface area (Å²) in [4.78, 5) is 57.4. The lowest BCUT2D eigenvalue weighted by molar-refractivity contribution is -0.120. The molecule has 39 heavy (non-hydrogen) atoms. The largest absolute Gasteiger partial charge is 0.328 e. The standard InChI is InChI=1S/C31H26N4O4/c1-21(36)32-25-12-15-27(16-13-25)35-19-18-34(20-30(35)38)31(39)24-8-6-23(7-9-24)29(37)17-14-26-11-10-22-4-2-3-5-28(22)33-26/h2-17H,18-20H2,1H3,(H,32,36)/b17-14+. The van der Waals surface area contributed by atoms with Gasteiger partial charge in [-0.05, 0) is 60.7 Å². The summed E-state index contributed by atoms with van der Waals surface area (Å²) in [5.41, 5.74) is 3.75. The van der Waals surface area contributed by atoms with Crippen molar-refractivity contribution in [3.63, 3.8) is 0 Å². The van der Waals surface area contributed by atoms with Crippen LogP contribution in [0.3, 0.4) is 0 Å². The van der Waals surface area contributed by atoms with E-state index in [0.29, 0.717) is 41.3 Å². The zero-order chi connectivity index (χ0) is 27.4. The zero-order valence-electron chi connectivity index (χ0n) is 21.3. The molecule has 0 atom stereocenters. The molecule has 1 fully saturated rings. The number of ketones is 1. The summed E-state index contributed by atoms with van der Waals surface area (Å²) in [6.45, 7) is 2.12. The highest BCUT2D eigenvalue weighted by Gasteiger charge is 2.28. The number of rotatable bonds is 6. The van der Waals surface area contributed by atoms with Crippen molar-refractivity contribution in [1.29, 1.82) is 0 Å². The summed E-state index contributed by atoms with van der Waals surface area (Å²) in [6, 6.07) is 25.0. The Bertz CT molecular complexity index is 1590. The molecule has 1 aliphatic heterocycles. The van der Waals surface area contributed by atoms with E-state index in [2.05, 4.69) is 10.3 Å². The smallest absolute Gasteiger partial charge is 0.254 e. The average Bonchev–Trinajstić information content (AvgIpc) is 2.95. The van der Waals surface area contributed by atoms with Crippen LogP contribution in [-0.4, -0.2) is 53.0 Å². The van der Waals surface area contributed by atoms with Crippen molar-refractivity contribution in [2.75, 3.05) is 29.9 Å². The van der Waals surface area contributed by atoms with Crippen molar-refractivity contribution in [1.82, 2.24) is 9.88 Å². The second kappa shape index (κ2) is 11.1. The zero-order valence-corrected chi connectivity index (χ0v) is 21.3. The first-order valence-electron chi connectivity index (χ1n) is 12.5. The van der Waals surface area contributed by atoms with E-state index in [1.165, 1.54) is 17.9 Å². The van der Waals surface area contributed by atoms with E-state index in [9.17, 15) is 19.2 Å². The van der Waals surface area contributed by atoms with Crippen LogP contribution in [-0.2, 0) is 9.59 Å². The van der Waals surface area contributed by atoms with Crippen LogP contribution in [0.5, 0.6) is 0 Å². The van der Waals surface area contributed by atoms with Gasteiger partial charge in [-0.25, -0.2) is 4.98 Å². The molecule has 8 nitrogen and oxygen atoms in total. The number of para-hydroxylation sites is 1. The van der Waals surface area contributed by atoms with Crippen molar-refractivity contribution < 1.29 is 19.2 Å². The third-order valence-electron chi connectivity index (χ3n) is 6.45. The molecule has 0 spiro atoms. The number of hydrogen-bond acceptors (Lipinski definition) is 5. The van der Waals surface area contributed by atoms with Gasteiger partial charge in [0.1, 0.15) is 6.54 Å². The molecule has 0 radical (unpaired) electrons. The monoisotopic (exact) mass is 518 g/mol. The molecule has 194 valence electrons. The minimum absolute atomic E-state index is 0.0472. The van der Waals surface area contributed by atoms with Crippen molar-refractivity contribution in [3.8, 4) is 0 Å². The summed E-state index contributed by atoms with van der Waals surface area (Å²) >= 11 is 0. The maximum atomic E-state index is 13.0. The van der Waals surface area contributed by atoms with Crippen LogP contribution >= 0.6 is 0 Å². The van der Waals surface area contributed by atoms with Gasteiger partial charge >= 0.3 is 0 Å². The number of amides is 3. The van der Waals surface area contributed by atoms with E-state index in [-0.39, 0.29) is 30.0 Å². The molecule has 5 rings (SSSR count). The first kappa shape index (κ1) is 25.5. The Hall–Kier alpha value is -5.11. The number of aromatic nitrogens is 1. The lowest BCUT2D eigenvalue weighted by Gasteiger charge is -2.34. The molecule has 0 aliphatic carbocycles. The molecule has 1 N–H and O–H groups in total. The highest BCUT2D eigenvalue weighted by atomic mass is 16.2. The summed E-state index contributed by atoms with van der Waals surface area (Å²) in [7, 11) is 0. The Kier molecular flexibility index (Phi) is 7.27. The van der Waals surface area contributed by atoms with Gasteiger partial charge in [0, 0.05) is 47.9 Å². The number of carbonyl (C=O) groups excluding carboxylic acids is 4. The molecular weight excluding hydrogens is 492 g/mol. The van der Waals surface area contributed by atoms with Gasteiger partial charge in [0.25, 0.3) is 5.91 Å². The molecule has 0 unspecified atom stereocenters. The molecular formula is C31H26N4O4. The number of piperazine rings is 1. The summed E-state index contributed by atoms with van der Waals surface area (Å²) < 4.78 is 0. The number of carbonyl (C=O) groups is 4. The van der Waals surface area contributed by atoms with E-state index in [0.717, 1.165) is 10.9 Å². The van der Waals surface area contributed by atoms with Gasteiger partial charge in [0.2, 0.25) is 11.8 Å². The molecule has 2 heterocycles. The van der Waals surface area contributed by atoms with Crippen molar-refractivity contribution >= 4 is 51.9 Å². The molecule has 8 heteroatoms. The fourth-order valence-corrected chi connectivity index (χ4v) is 4.44. The first-order chi connectivity index (χ1) is 18.9. The van der Waals surface area contributed by atoms with E-state index in [1.54, 1.807) is 59.5 Å². The fraction of sp³-hybridized carbons (Fsp3) is 0.129. The minimum atomic E-state index is -0.265. The van der Waals surface area contributed by atoms with Crippen LogP contribution in [0.4, 0.5) is 11.4 Å². The van der Waals surface area contributed by atoms with E-state index in [1.807, 2.05) is 36.4 Å². The molecule has 1 aromatic heterocycles. The number of hydrogen-bond donors (Lipinski definition) is 1. The molecule has 1 saturated heterocycles. The van der Waals surface area contributed by atoms with Gasteiger partial charge in [0.15, 0.2) is 5.78 Å². The quantitative estimate of drug-likeness (QED) is 0.298. The summed E-state index contributed by atoms with van der Waals surface area (Å²) in [5.74, 6) is -0.824. The van der Waals surface area contributed by atoms with Gasteiger partial charge in [-0.3, -0.25) is 19.2 Å². The summed E-state index contributed by atoms with van der Waals surface area (Å²) in [6.07, 6.45) is 3.14. The van der Waals surface area contributed by atoms with Gasteiger partial charge in [0.05, 0.1) is 11.2 Å². The van der Waals surface area contributed by atoms with Crippen LogP contribution in [0.25, 0.3) is 17.0 Å². The maximum Gasteiger partial charge on any atom is 0.254 e. The van der Waals surface area contributed by atoms with Gasteiger partial charge in [-0.1, -0.05) is 36.4 Å². The van der Waals surface area contributed by atoms with Gasteiger partial charge in [-0.15, -0.1) is 0 Å². The summed E-state index contributed by atoms with van der Waals surface area (Å²) in [5, 5.41) is 3.72. The number of benzene rings is 3. The maximum absolute atomic E-state index is 13.0. The first-order valence-corrected chi connectivity index (χ1v) is 12.5. The predicted octanol–water partition coefficient (Wildman–Crippen LogP) is 4.58. The second-order valence-corrected chi connectivity index (χ2v) is 9.20. The normalized spacial score (nSPS) is 13.6. The Labute approximate surface area is 225 Å². The number of pyridine rings is 1. The van der Waals surface area contributed by atoms with E-state index >= 15 is 0 Å². The number of nitrogens with one attached hydrogen (secondary N) is 1. The van der Waals surface area contributed by atoms with E-state index < -0.39 is 0 Å². The molecule has 0 bridgehead atoms. The van der Waals surface area contributed by atoms with Crippen molar-refractivity contribution in [2.45, 2.75) is 6.92 Å². The number of fused-ring (bicyclic) bond motifs is 1. The van der Waals surface area contributed by atoms with Crippen LogP contribution in [0.15, 0.2) is 91.0 Å². The molecule has 3 amide bonds. The Morgan fingerprint density at radius 1 is 0.846 bits per heavy atom. The Morgan fingerprint density at radius 3 is 2.28 bits per heavy atom. The van der Waals surface area contributed by atoms with Crippen LogP contribution in [0.1, 0.15) is 33.3 Å². The van der Waals surface area contributed by atoms with Crippen molar-refractivity contribution in [2.24, 2.45) is 0 Å². The van der Waals surface area contributed by atoms with Crippen LogP contribution < -0.4 is 10.2 Å². The van der Waals surface area contributed by atoms with E-state index in [4.69, 9.17) is 0 Å². The second-order valence-electron chi connectivity index (χ2n) is 9.20. The molecule has 4 aromatic rings. The van der Waals surface area contributed by atoms with Gasteiger partial charge in [-0.2, -0.15) is 0 Å². The lowest BCUT2D eigenvalue weighted by Crippen LogP contribution is -2.52. The highest BCUT2D eigenvalue weighted by molar-refractivity contribution is 6.07.